The molecule has 4 aromatic rings. The minimum Gasteiger partial charge on any atom is -0.392 e. The third-order valence-corrected chi connectivity index (χ3v) is 5.07. The topological polar surface area (TPSA) is 77.6 Å². The first-order valence-corrected chi connectivity index (χ1v) is 10.4. The van der Waals surface area contributed by atoms with Crippen molar-refractivity contribution in [1.29, 1.82) is 0 Å². The molecule has 5 heteroatoms. The van der Waals surface area contributed by atoms with Gasteiger partial charge in [-0.05, 0) is 78.4 Å². The van der Waals surface area contributed by atoms with E-state index in [0.29, 0.717) is 0 Å². The lowest BCUT2D eigenvalue weighted by molar-refractivity contribution is 0.282. The van der Waals surface area contributed by atoms with Gasteiger partial charge in [-0.2, -0.15) is 0 Å². The zero-order chi connectivity index (χ0) is 21.8. The van der Waals surface area contributed by atoms with Gasteiger partial charge in [0, 0.05) is 22.1 Å². The van der Waals surface area contributed by atoms with E-state index in [9.17, 15) is 0 Å². The second-order valence-corrected chi connectivity index (χ2v) is 7.55. The first-order valence-electron chi connectivity index (χ1n) is 10.4. The Morgan fingerprint density at radius 2 is 0.906 bits per heavy atom. The van der Waals surface area contributed by atoms with E-state index in [2.05, 4.69) is 44.2 Å². The zero-order valence-corrected chi connectivity index (χ0v) is 17.4. The molecule has 5 heterocycles. The van der Waals surface area contributed by atoms with Crippen molar-refractivity contribution in [2.45, 2.75) is 6.61 Å². The third kappa shape index (κ3) is 4.74. The third-order valence-electron chi connectivity index (χ3n) is 5.07. The van der Waals surface area contributed by atoms with Crippen LogP contribution in [0.25, 0.3) is 46.4 Å². The first-order chi connectivity index (χ1) is 15.7. The van der Waals surface area contributed by atoms with Crippen molar-refractivity contribution in [1.82, 2.24) is 19.9 Å². The van der Waals surface area contributed by atoms with Gasteiger partial charge in [0.1, 0.15) is 0 Å². The Balaban J connectivity index is 0.000000230. The van der Waals surface area contributed by atoms with Crippen molar-refractivity contribution in [2.24, 2.45) is 0 Å². The molecule has 0 saturated carbocycles. The van der Waals surface area contributed by atoms with Crippen LogP contribution < -0.4 is 0 Å². The van der Waals surface area contributed by atoms with E-state index in [1.54, 1.807) is 0 Å². The molecule has 0 fully saturated rings. The van der Waals surface area contributed by atoms with E-state index in [-0.39, 0.29) is 6.61 Å². The molecule has 0 saturated heterocycles. The normalized spacial score (nSPS) is 11.8. The van der Waals surface area contributed by atoms with Gasteiger partial charge < -0.3 is 15.1 Å². The van der Waals surface area contributed by atoms with Crippen LogP contribution in [0, 0.1) is 0 Å². The second-order valence-electron chi connectivity index (χ2n) is 7.55. The Kier molecular flexibility index (Phi) is 5.47. The standard InChI is InChI=1S/C20H14N4.C7H8O/c1-2-14-10-16-5-6-18(23-16)12-20-8-7-19(24-20)11-17-4-3-15(22-17)9-13(1)21-14;8-6-7-4-2-1-3-5-7/h1-12,21,24H;1-5,8H,6H2. The smallest absolute Gasteiger partial charge is 0.0681 e. The summed E-state index contributed by atoms with van der Waals surface area (Å²) < 4.78 is 0. The highest BCUT2D eigenvalue weighted by atomic mass is 16.3. The van der Waals surface area contributed by atoms with Gasteiger partial charge in [0.05, 0.1) is 29.4 Å². The van der Waals surface area contributed by atoms with E-state index in [4.69, 9.17) is 5.11 Å². The van der Waals surface area contributed by atoms with E-state index in [1.807, 2.05) is 78.9 Å². The van der Waals surface area contributed by atoms with Gasteiger partial charge in [-0.15, -0.1) is 0 Å². The maximum Gasteiger partial charge on any atom is 0.0681 e. The van der Waals surface area contributed by atoms with Crippen molar-refractivity contribution in [3.8, 4) is 0 Å². The molecule has 3 N–H and O–H groups in total. The van der Waals surface area contributed by atoms with Crippen LogP contribution in [0.3, 0.4) is 0 Å². The highest BCUT2D eigenvalue weighted by Crippen LogP contribution is 2.16. The van der Waals surface area contributed by atoms with Crippen molar-refractivity contribution in [3.63, 3.8) is 0 Å². The van der Waals surface area contributed by atoms with Crippen LogP contribution in [0.5, 0.6) is 0 Å². The Hall–Kier alpha value is -4.22. The Morgan fingerprint density at radius 3 is 1.22 bits per heavy atom. The molecule has 156 valence electrons. The van der Waals surface area contributed by atoms with Crippen LogP contribution in [0.15, 0.2) is 78.9 Å². The molecule has 32 heavy (non-hydrogen) atoms. The molecule has 0 spiro atoms. The fraction of sp³-hybridized carbons (Fsp3) is 0.0370. The monoisotopic (exact) mass is 418 g/mol. The van der Waals surface area contributed by atoms with Crippen LogP contribution in [0.1, 0.15) is 28.3 Å². The molecule has 0 aliphatic carbocycles. The van der Waals surface area contributed by atoms with Gasteiger partial charge in [0.2, 0.25) is 0 Å². The van der Waals surface area contributed by atoms with Crippen molar-refractivity contribution in [2.75, 3.05) is 0 Å². The summed E-state index contributed by atoms with van der Waals surface area (Å²) in [5.41, 5.74) is 8.83. The summed E-state index contributed by atoms with van der Waals surface area (Å²) in [4.78, 5) is 16.0. The van der Waals surface area contributed by atoms with Crippen LogP contribution in [-0.4, -0.2) is 25.0 Å². The molecular formula is C27H22N4O. The molecule has 0 amide bonds. The number of aliphatic hydroxyl groups is 1. The lowest BCUT2D eigenvalue weighted by Gasteiger charge is -1.89. The summed E-state index contributed by atoms with van der Waals surface area (Å²) in [5.74, 6) is 0. The predicted octanol–water partition coefficient (Wildman–Crippen LogP) is 5.83. The van der Waals surface area contributed by atoms with Gasteiger partial charge in [-0.3, -0.25) is 0 Å². The fourth-order valence-corrected chi connectivity index (χ4v) is 3.53. The van der Waals surface area contributed by atoms with Crippen molar-refractivity contribution >= 4 is 46.4 Å². The number of rotatable bonds is 1. The number of benzene rings is 1. The van der Waals surface area contributed by atoms with Crippen LogP contribution >= 0.6 is 0 Å². The molecule has 1 aromatic carbocycles. The number of aromatic amines is 2. The highest BCUT2D eigenvalue weighted by molar-refractivity contribution is 5.77. The van der Waals surface area contributed by atoms with E-state index in [0.717, 1.165) is 50.4 Å². The maximum absolute atomic E-state index is 8.54. The largest absolute Gasteiger partial charge is 0.392 e. The predicted molar refractivity (Wildman–Crippen MR) is 131 cm³/mol. The van der Waals surface area contributed by atoms with Crippen LogP contribution in [-0.2, 0) is 6.61 Å². The average molecular weight is 419 g/mol. The van der Waals surface area contributed by atoms with Crippen LogP contribution in [0.4, 0.5) is 0 Å². The Bertz CT molecular complexity index is 1280. The number of aromatic nitrogens is 4. The average Bonchev–Trinajstić information content (AvgIpc) is 3.61. The SMILES string of the molecule is C1=Cc2cc3ccc(cc4nc(cc5ccc(cc1n2)[nH]5)C=C4)[nH]3.OCc1ccccc1. The number of hydrogen-bond donors (Lipinski definition) is 3. The molecule has 0 atom stereocenters. The van der Waals surface area contributed by atoms with Crippen molar-refractivity contribution in [3.05, 3.63) is 107 Å². The number of fused-ring (bicyclic) bond motifs is 8. The summed E-state index contributed by atoms with van der Waals surface area (Å²) in [5, 5.41) is 8.54. The number of nitrogens with one attached hydrogen (secondary N) is 2. The summed E-state index contributed by atoms with van der Waals surface area (Å²) >= 11 is 0. The minimum atomic E-state index is 0.140. The Morgan fingerprint density at radius 1 is 0.531 bits per heavy atom. The maximum atomic E-state index is 8.54. The second kappa shape index (κ2) is 8.88. The van der Waals surface area contributed by atoms with Crippen molar-refractivity contribution < 1.29 is 5.11 Å². The van der Waals surface area contributed by atoms with Gasteiger partial charge >= 0.3 is 0 Å². The number of H-pyrrole nitrogens is 2. The van der Waals surface area contributed by atoms with Gasteiger partial charge in [0.15, 0.2) is 0 Å². The van der Waals surface area contributed by atoms with Gasteiger partial charge in [0.25, 0.3) is 0 Å². The number of aliphatic hydroxyl groups excluding tert-OH is 1. The number of hydrogen-bond acceptors (Lipinski definition) is 3. The lowest BCUT2D eigenvalue weighted by Crippen LogP contribution is -1.77. The van der Waals surface area contributed by atoms with E-state index in [1.165, 1.54) is 0 Å². The fourth-order valence-electron chi connectivity index (χ4n) is 3.53. The molecule has 2 aliphatic rings. The molecule has 5 nitrogen and oxygen atoms in total. The molecule has 3 aromatic heterocycles. The molecule has 0 unspecified atom stereocenters. The van der Waals surface area contributed by atoms with E-state index < -0.39 is 0 Å². The summed E-state index contributed by atoms with van der Waals surface area (Å²) in [7, 11) is 0. The molecule has 8 bridgehead atoms. The zero-order valence-electron chi connectivity index (χ0n) is 17.4. The van der Waals surface area contributed by atoms with Gasteiger partial charge in [-0.1, -0.05) is 30.3 Å². The highest BCUT2D eigenvalue weighted by Gasteiger charge is 2.01. The van der Waals surface area contributed by atoms with Gasteiger partial charge in [-0.25, -0.2) is 9.97 Å². The Labute approximate surface area is 185 Å². The molecule has 2 aliphatic heterocycles. The summed E-state index contributed by atoms with van der Waals surface area (Å²) in [6.45, 7) is 0.140. The molecule has 0 radical (unpaired) electrons. The molecule has 6 rings (SSSR count). The van der Waals surface area contributed by atoms with E-state index >= 15 is 0 Å². The molecular weight excluding hydrogens is 396 g/mol. The quantitative estimate of drug-likeness (QED) is 0.314. The first kappa shape index (κ1) is 19.7. The minimum absolute atomic E-state index is 0.140. The number of nitrogens with zero attached hydrogens (tertiary/aromatic N) is 2. The summed E-state index contributed by atoms with van der Waals surface area (Å²) in [6, 6.07) is 25.9. The van der Waals surface area contributed by atoms with Crippen LogP contribution in [0.2, 0.25) is 0 Å². The lowest BCUT2D eigenvalue weighted by atomic mass is 10.2. The summed E-state index contributed by atoms with van der Waals surface area (Å²) in [6.07, 6.45) is 8.09.